The molecule has 3 aromatic rings. The molecule has 4 nitrogen and oxygen atoms in total. The quantitative estimate of drug-likeness (QED) is 0.749. The second-order valence-corrected chi connectivity index (χ2v) is 4.57. The van der Waals surface area contributed by atoms with Gasteiger partial charge in [0, 0.05) is 10.9 Å². The lowest BCUT2D eigenvalue weighted by Crippen LogP contribution is -2.04. The van der Waals surface area contributed by atoms with Gasteiger partial charge in [-0.15, -0.1) is 0 Å². The monoisotopic (exact) mass is 306 g/mol. The largest absolute Gasteiger partial charge is 0.429 e. The number of aromatic nitrogens is 2. The Morgan fingerprint density at radius 1 is 1.14 bits per heavy atom. The molecular formula is C15H9F3N2O2. The van der Waals surface area contributed by atoms with E-state index in [0.717, 1.165) is 12.1 Å². The summed E-state index contributed by atoms with van der Waals surface area (Å²) in [5.74, 6) is 0.289. The summed E-state index contributed by atoms with van der Waals surface area (Å²) in [6, 6.07) is 9.64. The molecule has 0 aliphatic rings. The SMILES string of the molecule is O=COc1ccc2[nH]nc(-c3cccc(C(F)(F)F)c3)c2c1. The molecule has 0 aliphatic heterocycles. The Hall–Kier alpha value is -2.83. The molecule has 112 valence electrons. The molecule has 0 bridgehead atoms. The highest BCUT2D eigenvalue weighted by molar-refractivity contribution is 5.94. The molecule has 0 amide bonds. The van der Waals surface area contributed by atoms with Gasteiger partial charge in [-0.1, -0.05) is 12.1 Å². The molecule has 0 saturated heterocycles. The minimum Gasteiger partial charge on any atom is -0.429 e. The number of benzene rings is 2. The second kappa shape index (κ2) is 5.18. The van der Waals surface area contributed by atoms with Crippen LogP contribution >= 0.6 is 0 Å². The van der Waals surface area contributed by atoms with Crippen molar-refractivity contribution in [2.75, 3.05) is 0 Å². The van der Waals surface area contributed by atoms with Gasteiger partial charge in [-0.3, -0.25) is 9.89 Å². The topological polar surface area (TPSA) is 55.0 Å². The highest BCUT2D eigenvalue weighted by Crippen LogP contribution is 2.34. The molecular weight excluding hydrogens is 297 g/mol. The molecule has 0 aliphatic carbocycles. The fourth-order valence-corrected chi connectivity index (χ4v) is 2.18. The van der Waals surface area contributed by atoms with Gasteiger partial charge in [-0.25, -0.2) is 0 Å². The fraction of sp³-hybridized carbons (Fsp3) is 0.0667. The number of aromatic amines is 1. The molecule has 0 spiro atoms. The molecule has 7 heteroatoms. The van der Waals surface area contributed by atoms with E-state index in [9.17, 15) is 18.0 Å². The van der Waals surface area contributed by atoms with Crippen LogP contribution in [0.25, 0.3) is 22.2 Å². The van der Waals surface area contributed by atoms with E-state index in [1.165, 1.54) is 12.1 Å². The molecule has 1 heterocycles. The first-order valence-electron chi connectivity index (χ1n) is 6.25. The van der Waals surface area contributed by atoms with Gasteiger partial charge >= 0.3 is 6.18 Å². The zero-order valence-electron chi connectivity index (χ0n) is 11.0. The smallest absolute Gasteiger partial charge is 0.416 e. The lowest BCUT2D eigenvalue weighted by molar-refractivity contribution is -0.137. The molecule has 1 aromatic heterocycles. The first-order chi connectivity index (χ1) is 10.5. The molecule has 3 rings (SSSR count). The van der Waals surface area contributed by atoms with E-state index in [-0.39, 0.29) is 12.2 Å². The molecule has 2 aromatic carbocycles. The van der Waals surface area contributed by atoms with Crippen LogP contribution in [0, 0.1) is 0 Å². The summed E-state index contributed by atoms with van der Waals surface area (Å²) in [6.45, 7) is 0.283. The first kappa shape index (κ1) is 14.1. The van der Waals surface area contributed by atoms with Crippen LogP contribution in [-0.2, 0) is 11.0 Å². The number of rotatable bonds is 3. The van der Waals surface area contributed by atoms with Crippen molar-refractivity contribution in [2.45, 2.75) is 6.18 Å². The zero-order chi connectivity index (χ0) is 15.7. The number of alkyl halides is 3. The average Bonchev–Trinajstić information content (AvgIpc) is 2.90. The summed E-state index contributed by atoms with van der Waals surface area (Å²) >= 11 is 0. The Morgan fingerprint density at radius 2 is 1.95 bits per heavy atom. The minimum atomic E-state index is -4.42. The number of H-pyrrole nitrogens is 1. The van der Waals surface area contributed by atoms with Crippen LogP contribution in [0.15, 0.2) is 42.5 Å². The number of nitrogens with zero attached hydrogens (tertiary/aromatic N) is 1. The van der Waals surface area contributed by atoms with E-state index in [2.05, 4.69) is 10.2 Å². The standard InChI is InChI=1S/C15H9F3N2O2/c16-15(17,18)10-3-1-2-9(6-10)14-12-7-11(22-8-21)4-5-13(12)19-20-14/h1-8H,(H,19,20). The van der Waals surface area contributed by atoms with E-state index in [0.29, 0.717) is 22.2 Å². The third-order valence-electron chi connectivity index (χ3n) is 3.18. The molecule has 0 fully saturated rings. The van der Waals surface area contributed by atoms with Crippen LogP contribution in [0.3, 0.4) is 0 Å². The summed E-state index contributed by atoms with van der Waals surface area (Å²) in [7, 11) is 0. The predicted octanol–water partition coefficient (Wildman–Crippen LogP) is 3.78. The van der Waals surface area contributed by atoms with Gasteiger partial charge in [0.05, 0.1) is 11.1 Å². The third kappa shape index (κ3) is 2.52. The maximum Gasteiger partial charge on any atom is 0.416 e. The van der Waals surface area contributed by atoms with Gasteiger partial charge in [-0.2, -0.15) is 18.3 Å². The molecule has 0 saturated carbocycles. The lowest BCUT2D eigenvalue weighted by atomic mass is 10.0. The maximum atomic E-state index is 12.8. The van der Waals surface area contributed by atoms with Gasteiger partial charge in [0.15, 0.2) is 0 Å². The van der Waals surface area contributed by atoms with Gasteiger partial charge < -0.3 is 4.74 Å². The van der Waals surface area contributed by atoms with Crippen molar-refractivity contribution in [2.24, 2.45) is 0 Å². The van der Waals surface area contributed by atoms with Crippen molar-refractivity contribution in [3.8, 4) is 17.0 Å². The Morgan fingerprint density at radius 3 is 2.68 bits per heavy atom. The van der Waals surface area contributed by atoms with Crippen LogP contribution in [0.2, 0.25) is 0 Å². The summed E-state index contributed by atoms with van der Waals surface area (Å²) in [4.78, 5) is 10.4. The van der Waals surface area contributed by atoms with Crippen molar-refractivity contribution in [3.63, 3.8) is 0 Å². The van der Waals surface area contributed by atoms with Crippen LogP contribution in [0.5, 0.6) is 5.75 Å². The Labute approximate surface area is 122 Å². The number of halogens is 3. The van der Waals surface area contributed by atoms with Gasteiger partial charge in [-0.05, 0) is 30.3 Å². The first-order valence-corrected chi connectivity index (χ1v) is 6.25. The van der Waals surface area contributed by atoms with Crippen molar-refractivity contribution in [1.82, 2.24) is 10.2 Å². The Balaban J connectivity index is 2.13. The summed E-state index contributed by atoms with van der Waals surface area (Å²) in [6.07, 6.45) is -4.42. The molecule has 1 N–H and O–H groups in total. The van der Waals surface area contributed by atoms with Crippen molar-refractivity contribution >= 4 is 17.4 Å². The molecule has 22 heavy (non-hydrogen) atoms. The zero-order valence-corrected chi connectivity index (χ0v) is 11.0. The number of carbonyl (C=O) groups is 1. The number of hydrogen-bond donors (Lipinski definition) is 1. The van der Waals surface area contributed by atoms with E-state index in [4.69, 9.17) is 4.74 Å². The fourth-order valence-electron chi connectivity index (χ4n) is 2.18. The third-order valence-corrected chi connectivity index (χ3v) is 3.18. The number of nitrogens with one attached hydrogen (secondary N) is 1. The summed E-state index contributed by atoms with van der Waals surface area (Å²) in [5.41, 5.74) is 0.564. The van der Waals surface area contributed by atoms with Gasteiger partial charge in [0.1, 0.15) is 11.4 Å². The predicted molar refractivity (Wildman–Crippen MR) is 73.2 cm³/mol. The van der Waals surface area contributed by atoms with E-state index < -0.39 is 11.7 Å². The number of fused-ring (bicyclic) bond motifs is 1. The number of hydrogen-bond acceptors (Lipinski definition) is 3. The Bertz CT molecular complexity index is 840. The normalized spacial score (nSPS) is 11.6. The van der Waals surface area contributed by atoms with Crippen molar-refractivity contribution in [1.29, 1.82) is 0 Å². The highest BCUT2D eigenvalue weighted by atomic mass is 19.4. The lowest BCUT2D eigenvalue weighted by Gasteiger charge is -2.07. The average molecular weight is 306 g/mol. The van der Waals surface area contributed by atoms with Gasteiger partial charge in [0.2, 0.25) is 0 Å². The minimum absolute atomic E-state index is 0.283. The van der Waals surface area contributed by atoms with E-state index >= 15 is 0 Å². The summed E-state index contributed by atoms with van der Waals surface area (Å²) < 4.78 is 43.2. The second-order valence-electron chi connectivity index (χ2n) is 4.57. The van der Waals surface area contributed by atoms with Crippen LogP contribution in [-0.4, -0.2) is 16.7 Å². The van der Waals surface area contributed by atoms with Crippen molar-refractivity contribution < 1.29 is 22.7 Å². The summed E-state index contributed by atoms with van der Waals surface area (Å²) in [5, 5.41) is 7.36. The van der Waals surface area contributed by atoms with E-state index in [1.807, 2.05) is 0 Å². The van der Waals surface area contributed by atoms with Crippen LogP contribution < -0.4 is 4.74 Å². The molecule has 0 atom stereocenters. The molecule has 0 radical (unpaired) electrons. The number of carbonyl (C=O) groups excluding carboxylic acids is 1. The molecule has 0 unspecified atom stereocenters. The van der Waals surface area contributed by atoms with Crippen LogP contribution in [0.4, 0.5) is 13.2 Å². The Kier molecular flexibility index (Phi) is 3.32. The van der Waals surface area contributed by atoms with Gasteiger partial charge in [0.25, 0.3) is 6.47 Å². The maximum absolute atomic E-state index is 12.8. The van der Waals surface area contributed by atoms with Crippen LogP contribution in [0.1, 0.15) is 5.56 Å². The van der Waals surface area contributed by atoms with E-state index in [1.54, 1.807) is 18.2 Å². The number of ether oxygens (including phenoxy) is 1. The van der Waals surface area contributed by atoms with Crippen molar-refractivity contribution in [3.05, 3.63) is 48.0 Å². The highest BCUT2D eigenvalue weighted by Gasteiger charge is 2.30.